The second kappa shape index (κ2) is 6.92. The Bertz CT molecular complexity index is 867. The zero-order valence-corrected chi connectivity index (χ0v) is 15.4. The Balaban J connectivity index is 1.86. The number of thiazole rings is 1. The molecule has 1 aliphatic rings. The molecule has 2 amide bonds. The molecule has 1 aliphatic heterocycles. The van der Waals surface area contributed by atoms with Crippen LogP contribution in [0, 0.1) is 6.92 Å². The molecule has 138 valence electrons. The van der Waals surface area contributed by atoms with Crippen LogP contribution >= 0.6 is 23.1 Å². The van der Waals surface area contributed by atoms with E-state index in [9.17, 15) is 22.8 Å². The van der Waals surface area contributed by atoms with Crippen molar-refractivity contribution in [2.24, 2.45) is 0 Å². The van der Waals surface area contributed by atoms with Gasteiger partial charge in [0.2, 0.25) is 11.8 Å². The first-order valence-corrected chi connectivity index (χ1v) is 9.32. The van der Waals surface area contributed by atoms with Gasteiger partial charge in [0.05, 0.1) is 22.2 Å². The van der Waals surface area contributed by atoms with Crippen molar-refractivity contribution >= 4 is 46.3 Å². The Morgan fingerprint density at radius 1 is 1.42 bits per heavy atom. The molecule has 1 aromatic heterocycles. The highest BCUT2D eigenvalue weighted by Gasteiger charge is 2.35. The second-order valence-electron chi connectivity index (χ2n) is 5.72. The van der Waals surface area contributed by atoms with Crippen molar-refractivity contribution in [2.45, 2.75) is 29.6 Å². The molecule has 0 spiro atoms. The lowest BCUT2D eigenvalue weighted by molar-refractivity contribution is -0.137. The van der Waals surface area contributed by atoms with Gasteiger partial charge in [-0.15, -0.1) is 11.3 Å². The minimum atomic E-state index is -4.53. The third-order valence-electron chi connectivity index (χ3n) is 3.68. The van der Waals surface area contributed by atoms with Gasteiger partial charge >= 0.3 is 6.18 Å². The van der Waals surface area contributed by atoms with E-state index in [1.54, 1.807) is 6.92 Å². The largest absolute Gasteiger partial charge is 0.416 e. The van der Waals surface area contributed by atoms with Crippen molar-refractivity contribution in [3.63, 3.8) is 0 Å². The summed E-state index contributed by atoms with van der Waals surface area (Å²) in [6, 6.07) is 2.95. The molecule has 1 aromatic carbocycles. The molecule has 1 N–H and O–H groups in total. The summed E-state index contributed by atoms with van der Waals surface area (Å²) in [5, 5.41) is 3.72. The monoisotopic (exact) mass is 401 g/mol. The number of aromatic nitrogens is 1. The summed E-state index contributed by atoms with van der Waals surface area (Å²) in [5.74, 6) is -0.897. The number of nitrogens with one attached hydrogen (secondary N) is 1. The molecule has 10 heteroatoms. The Morgan fingerprint density at radius 3 is 2.77 bits per heavy atom. The third kappa shape index (κ3) is 3.85. The summed E-state index contributed by atoms with van der Waals surface area (Å²) < 4.78 is 39.4. The molecule has 0 aliphatic carbocycles. The molecule has 0 saturated heterocycles. The first kappa shape index (κ1) is 18.7. The SMILES string of the molecule is Cc1csc(S[C@@H](C)C(=O)N2CC(=O)Nc3cc(C(F)(F)F)ccc32)n1. The van der Waals surface area contributed by atoms with Gasteiger partial charge in [-0.25, -0.2) is 4.98 Å². The van der Waals surface area contributed by atoms with Crippen LogP contribution in [-0.2, 0) is 15.8 Å². The molecule has 0 saturated carbocycles. The van der Waals surface area contributed by atoms with Crippen molar-refractivity contribution < 1.29 is 22.8 Å². The van der Waals surface area contributed by atoms with Crippen LogP contribution in [0.2, 0.25) is 0 Å². The summed E-state index contributed by atoms with van der Waals surface area (Å²) >= 11 is 2.66. The molecule has 0 bridgehead atoms. The van der Waals surface area contributed by atoms with E-state index in [4.69, 9.17) is 0 Å². The van der Waals surface area contributed by atoms with Gasteiger partial charge in [-0.1, -0.05) is 11.8 Å². The highest BCUT2D eigenvalue weighted by atomic mass is 32.2. The van der Waals surface area contributed by atoms with Gasteiger partial charge in [-0.3, -0.25) is 14.5 Å². The summed E-state index contributed by atoms with van der Waals surface area (Å²) in [6.07, 6.45) is -4.53. The molecule has 0 radical (unpaired) electrons. The minimum absolute atomic E-state index is 0.0216. The Morgan fingerprint density at radius 2 is 2.15 bits per heavy atom. The van der Waals surface area contributed by atoms with Crippen LogP contribution < -0.4 is 10.2 Å². The lowest BCUT2D eigenvalue weighted by Gasteiger charge is -2.31. The number of carbonyl (C=O) groups is 2. The van der Waals surface area contributed by atoms with E-state index < -0.39 is 22.9 Å². The Hall–Kier alpha value is -2.07. The number of halogens is 3. The number of amides is 2. The average molecular weight is 401 g/mol. The molecule has 2 aromatic rings. The fourth-order valence-corrected chi connectivity index (χ4v) is 4.52. The standard InChI is InChI=1S/C16H14F3N3O2S2/c1-8-7-25-15(20-8)26-9(2)14(24)22-6-13(23)21-11-5-10(16(17,18)19)3-4-12(11)22/h3-5,7,9H,6H2,1-2H3,(H,21,23)/t9-/m0/s1. The van der Waals surface area contributed by atoms with Crippen molar-refractivity contribution in [3.8, 4) is 0 Å². The second-order valence-corrected chi connectivity index (χ2v) is 8.16. The van der Waals surface area contributed by atoms with Gasteiger partial charge in [0.15, 0.2) is 4.34 Å². The number of aryl methyl sites for hydroxylation is 1. The molecule has 2 heterocycles. The average Bonchev–Trinajstić information content (AvgIpc) is 2.96. The van der Waals surface area contributed by atoms with Gasteiger partial charge in [0.25, 0.3) is 0 Å². The van der Waals surface area contributed by atoms with E-state index >= 15 is 0 Å². The number of hydrogen-bond donors (Lipinski definition) is 1. The fourth-order valence-electron chi connectivity index (χ4n) is 2.47. The van der Waals surface area contributed by atoms with Crippen molar-refractivity contribution in [3.05, 3.63) is 34.8 Å². The van der Waals surface area contributed by atoms with Crippen LogP contribution in [0.4, 0.5) is 24.5 Å². The van der Waals surface area contributed by atoms with Crippen molar-refractivity contribution in [1.29, 1.82) is 0 Å². The first-order chi connectivity index (χ1) is 12.1. The number of nitrogens with zero attached hydrogens (tertiary/aromatic N) is 2. The van der Waals surface area contributed by atoms with Crippen LogP contribution in [0.25, 0.3) is 0 Å². The van der Waals surface area contributed by atoms with E-state index in [1.807, 2.05) is 12.3 Å². The number of alkyl halides is 3. The number of fused-ring (bicyclic) bond motifs is 1. The highest BCUT2D eigenvalue weighted by molar-refractivity contribution is 8.02. The smallest absolute Gasteiger partial charge is 0.323 e. The highest BCUT2D eigenvalue weighted by Crippen LogP contribution is 2.38. The Kier molecular flexibility index (Phi) is 4.98. The van der Waals surface area contributed by atoms with Crippen LogP contribution in [0.15, 0.2) is 27.9 Å². The molecule has 26 heavy (non-hydrogen) atoms. The van der Waals surface area contributed by atoms with Crippen molar-refractivity contribution in [1.82, 2.24) is 4.98 Å². The maximum Gasteiger partial charge on any atom is 0.416 e. The van der Waals surface area contributed by atoms with E-state index in [1.165, 1.54) is 34.1 Å². The normalized spacial score (nSPS) is 15.4. The number of hydrogen-bond acceptors (Lipinski definition) is 5. The van der Waals surface area contributed by atoms with Crippen LogP contribution in [0.5, 0.6) is 0 Å². The number of carbonyl (C=O) groups excluding carboxylic acids is 2. The first-order valence-electron chi connectivity index (χ1n) is 7.56. The zero-order valence-electron chi connectivity index (χ0n) is 13.8. The quantitative estimate of drug-likeness (QED) is 0.792. The van der Waals surface area contributed by atoms with E-state index in [2.05, 4.69) is 10.3 Å². The summed E-state index contributed by atoms with van der Waals surface area (Å²) in [7, 11) is 0. The van der Waals surface area contributed by atoms with Crippen LogP contribution in [-0.4, -0.2) is 28.6 Å². The maximum absolute atomic E-state index is 12.9. The minimum Gasteiger partial charge on any atom is -0.323 e. The van der Waals surface area contributed by atoms with E-state index in [0.29, 0.717) is 0 Å². The molecule has 3 rings (SSSR count). The number of thioether (sulfide) groups is 1. The predicted octanol–water partition coefficient (Wildman–Crippen LogP) is 3.94. The Labute approximate surface area is 155 Å². The number of benzene rings is 1. The zero-order chi connectivity index (χ0) is 19.1. The summed E-state index contributed by atoms with van der Waals surface area (Å²) in [6.45, 7) is 3.29. The van der Waals surface area contributed by atoms with Crippen LogP contribution in [0.1, 0.15) is 18.2 Å². The fraction of sp³-hybridized carbons (Fsp3) is 0.312. The van der Waals surface area contributed by atoms with Gasteiger partial charge < -0.3 is 5.32 Å². The van der Waals surface area contributed by atoms with Gasteiger partial charge in [-0.05, 0) is 32.0 Å². The molecule has 5 nitrogen and oxygen atoms in total. The molecule has 0 fully saturated rings. The van der Waals surface area contributed by atoms with E-state index in [0.717, 1.165) is 22.2 Å². The molecular formula is C16H14F3N3O2S2. The molecular weight excluding hydrogens is 387 g/mol. The van der Waals surface area contributed by atoms with Gasteiger partial charge in [0.1, 0.15) is 6.54 Å². The lowest BCUT2D eigenvalue weighted by Crippen LogP contribution is -2.45. The molecule has 1 atom stereocenters. The number of rotatable bonds is 3. The predicted molar refractivity (Wildman–Crippen MR) is 94.6 cm³/mol. The van der Waals surface area contributed by atoms with Crippen molar-refractivity contribution in [2.75, 3.05) is 16.8 Å². The molecule has 0 unspecified atom stereocenters. The maximum atomic E-state index is 12.9. The number of anilines is 2. The van der Waals surface area contributed by atoms with Gasteiger partial charge in [0, 0.05) is 11.1 Å². The van der Waals surface area contributed by atoms with Crippen LogP contribution in [0.3, 0.4) is 0 Å². The third-order valence-corrected chi connectivity index (χ3v) is 5.86. The van der Waals surface area contributed by atoms with Gasteiger partial charge in [-0.2, -0.15) is 13.2 Å². The topological polar surface area (TPSA) is 62.3 Å². The van der Waals surface area contributed by atoms with E-state index in [-0.39, 0.29) is 23.8 Å². The summed E-state index contributed by atoms with van der Waals surface area (Å²) in [5.41, 5.74) is 0.197. The summed E-state index contributed by atoms with van der Waals surface area (Å²) in [4.78, 5) is 30.2. The lowest BCUT2D eigenvalue weighted by atomic mass is 10.1.